The van der Waals surface area contributed by atoms with Gasteiger partial charge in [0.25, 0.3) is 0 Å². The summed E-state index contributed by atoms with van der Waals surface area (Å²) in [6, 6.07) is 10.3. The first kappa shape index (κ1) is 8.48. The van der Waals surface area contributed by atoms with Crippen LogP contribution in [0.25, 0.3) is 11.1 Å². The fraction of sp³-hybridized carbons (Fsp3) is 0.0909. The topological polar surface area (TPSA) is 23.8 Å². The van der Waals surface area contributed by atoms with Crippen molar-refractivity contribution in [2.24, 2.45) is 0 Å². The van der Waals surface area contributed by atoms with Gasteiger partial charge in [-0.05, 0) is 33.5 Å². The molecule has 0 unspecified atom stereocenters. The maximum atomic E-state index is 7.19. The van der Waals surface area contributed by atoms with Crippen LogP contribution >= 0.6 is 11.3 Å². The zero-order valence-electron chi connectivity index (χ0n) is 7.16. The number of hydrogen-bond acceptors (Lipinski definition) is 1. The van der Waals surface area contributed by atoms with E-state index in [1.54, 1.807) is 11.3 Å². The molecule has 0 saturated carbocycles. The third-order valence-corrected chi connectivity index (χ3v) is 2.70. The van der Waals surface area contributed by atoms with Crippen molar-refractivity contribution in [3.63, 3.8) is 0 Å². The van der Waals surface area contributed by atoms with Crippen LogP contribution in [0.5, 0.6) is 0 Å². The number of rotatable bonds is 2. The van der Waals surface area contributed by atoms with Gasteiger partial charge in [-0.1, -0.05) is 24.3 Å². The van der Waals surface area contributed by atoms with Gasteiger partial charge < -0.3 is 0 Å². The van der Waals surface area contributed by atoms with Crippen LogP contribution in [-0.2, 0) is 6.54 Å². The number of hydrogen-bond donors (Lipinski definition) is 0. The van der Waals surface area contributed by atoms with Gasteiger partial charge in [0.05, 0.1) is 0 Å². The third-order valence-electron chi connectivity index (χ3n) is 2.01. The zero-order valence-corrected chi connectivity index (χ0v) is 7.97. The highest BCUT2D eigenvalue weighted by atomic mass is 32.1. The standard InChI is InChI=1S/C11H10NS/c12-7-9-1-3-10(4-2-9)11-5-6-13-8-11/h1-6,8,12H,7H2. The molecular formula is C11H10NS. The SMILES string of the molecule is [NH]Cc1ccc(-c2ccsc2)cc1. The molecule has 1 aromatic heterocycles. The van der Waals surface area contributed by atoms with Crippen LogP contribution in [0, 0.1) is 0 Å². The Morgan fingerprint density at radius 3 is 2.31 bits per heavy atom. The second-order valence-electron chi connectivity index (χ2n) is 2.89. The molecule has 0 spiro atoms. The molecule has 0 atom stereocenters. The van der Waals surface area contributed by atoms with Crippen LogP contribution in [0.1, 0.15) is 5.56 Å². The minimum absolute atomic E-state index is 0.365. The maximum absolute atomic E-state index is 7.19. The van der Waals surface area contributed by atoms with Gasteiger partial charge in [-0.15, -0.1) is 0 Å². The van der Waals surface area contributed by atoms with Gasteiger partial charge in [0.15, 0.2) is 0 Å². The molecule has 1 aromatic carbocycles. The molecular weight excluding hydrogens is 178 g/mol. The van der Waals surface area contributed by atoms with Crippen molar-refractivity contribution in [2.45, 2.75) is 6.54 Å². The number of thiophene rings is 1. The fourth-order valence-electron chi connectivity index (χ4n) is 1.24. The Hall–Kier alpha value is -1.12. The van der Waals surface area contributed by atoms with Gasteiger partial charge >= 0.3 is 0 Å². The van der Waals surface area contributed by atoms with Crippen LogP contribution in [0.15, 0.2) is 41.1 Å². The van der Waals surface area contributed by atoms with Crippen LogP contribution in [0.2, 0.25) is 0 Å². The molecule has 1 radical (unpaired) electrons. The molecule has 1 nitrogen and oxygen atoms in total. The van der Waals surface area contributed by atoms with E-state index in [4.69, 9.17) is 5.73 Å². The summed E-state index contributed by atoms with van der Waals surface area (Å²) in [5.41, 5.74) is 10.8. The summed E-state index contributed by atoms with van der Waals surface area (Å²) < 4.78 is 0. The molecule has 0 aliphatic rings. The summed E-state index contributed by atoms with van der Waals surface area (Å²) in [5, 5.41) is 4.21. The van der Waals surface area contributed by atoms with E-state index in [1.807, 2.05) is 12.1 Å². The van der Waals surface area contributed by atoms with E-state index in [0.29, 0.717) is 6.54 Å². The van der Waals surface area contributed by atoms with Crippen molar-refractivity contribution in [3.8, 4) is 11.1 Å². The van der Waals surface area contributed by atoms with Crippen molar-refractivity contribution in [1.82, 2.24) is 5.73 Å². The highest BCUT2D eigenvalue weighted by Crippen LogP contribution is 2.22. The predicted octanol–water partition coefficient (Wildman–Crippen LogP) is 3.20. The normalized spacial score (nSPS) is 10.2. The van der Waals surface area contributed by atoms with Gasteiger partial charge in [-0.25, -0.2) is 0 Å². The minimum Gasteiger partial charge on any atom is -0.253 e. The monoisotopic (exact) mass is 188 g/mol. The van der Waals surface area contributed by atoms with Gasteiger partial charge in [0.2, 0.25) is 0 Å². The molecule has 0 aliphatic heterocycles. The molecule has 1 heterocycles. The summed E-state index contributed by atoms with van der Waals surface area (Å²) >= 11 is 1.71. The van der Waals surface area contributed by atoms with Crippen LogP contribution in [0.4, 0.5) is 0 Å². The third kappa shape index (κ3) is 1.79. The summed E-state index contributed by atoms with van der Waals surface area (Å²) in [7, 11) is 0. The van der Waals surface area contributed by atoms with E-state index in [1.165, 1.54) is 11.1 Å². The second kappa shape index (κ2) is 3.73. The summed E-state index contributed by atoms with van der Waals surface area (Å²) in [5.74, 6) is 0. The van der Waals surface area contributed by atoms with E-state index in [2.05, 4.69) is 29.0 Å². The molecule has 1 N–H and O–H groups in total. The van der Waals surface area contributed by atoms with Crippen LogP contribution in [-0.4, -0.2) is 0 Å². The Bertz CT molecular complexity index is 361. The number of nitrogens with one attached hydrogen (secondary N) is 1. The van der Waals surface area contributed by atoms with E-state index >= 15 is 0 Å². The Balaban J connectivity index is 2.33. The van der Waals surface area contributed by atoms with Gasteiger partial charge in [-0.3, -0.25) is 5.73 Å². The molecule has 0 bridgehead atoms. The smallest absolute Gasteiger partial charge is 0.0351 e. The lowest BCUT2D eigenvalue weighted by molar-refractivity contribution is 1.03. The van der Waals surface area contributed by atoms with E-state index in [-0.39, 0.29) is 0 Å². The molecule has 0 saturated heterocycles. The lowest BCUT2D eigenvalue weighted by Crippen LogP contribution is -1.83. The second-order valence-corrected chi connectivity index (χ2v) is 3.67. The average molecular weight is 188 g/mol. The molecule has 2 rings (SSSR count). The Morgan fingerprint density at radius 1 is 1.00 bits per heavy atom. The van der Waals surface area contributed by atoms with Crippen LogP contribution < -0.4 is 5.73 Å². The van der Waals surface area contributed by atoms with Gasteiger partial charge in [0, 0.05) is 6.54 Å². The first-order valence-electron chi connectivity index (χ1n) is 4.16. The Morgan fingerprint density at radius 2 is 1.77 bits per heavy atom. The average Bonchev–Trinajstić information content (AvgIpc) is 2.71. The minimum atomic E-state index is 0.365. The molecule has 2 aromatic rings. The zero-order chi connectivity index (χ0) is 9.10. The highest BCUT2D eigenvalue weighted by molar-refractivity contribution is 7.08. The first-order valence-corrected chi connectivity index (χ1v) is 5.10. The van der Waals surface area contributed by atoms with E-state index < -0.39 is 0 Å². The van der Waals surface area contributed by atoms with Crippen LogP contribution in [0.3, 0.4) is 0 Å². The summed E-state index contributed by atoms with van der Waals surface area (Å²) in [4.78, 5) is 0. The molecule has 0 amide bonds. The summed E-state index contributed by atoms with van der Waals surface area (Å²) in [6.07, 6.45) is 0. The van der Waals surface area contributed by atoms with Crippen molar-refractivity contribution in [2.75, 3.05) is 0 Å². The quantitative estimate of drug-likeness (QED) is 0.691. The first-order chi connectivity index (χ1) is 6.40. The molecule has 13 heavy (non-hydrogen) atoms. The lowest BCUT2D eigenvalue weighted by atomic mass is 10.1. The fourth-order valence-corrected chi connectivity index (χ4v) is 1.91. The van der Waals surface area contributed by atoms with Gasteiger partial charge in [-0.2, -0.15) is 11.3 Å². The molecule has 2 heteroatoms. The Labute approximate surface area is 81.8 Å². The van der Waals surface area contributed by atoms with Gasteiger partial charge in [0.1, 0.15) is 0 Å². The molecule has 0 aliphatic carbocycles. The molecule has 65 valence electrons. The van der Waals surface area contributed by atoms with Crippen molar-refractivity contribution in [1.29, 1.82) is 0 Å². The van der Waals surface area contributed by atoms with Crippen molar-refractivity contribution < 1.29 is 0 Å². The predicted molar refractivity (Wildman–Crippen MR) is 56.6 cm³/mol. The van der Waals surface area contributed by atoms with E-state index in [0.717, 1.165) is 5.56 Å². The maximum Gasteiger partial charge on any atom is 0.0351 e. The summed E-state index contributed by atoms with van der Waals surface area (Å²) in [6.45, 7) is 0.365. The van der Waals surface area contributed by atoms with E-state index in [9.17, 15) is 0 Å². The highest BCUT2D eigenvalue weighted by Gasteiger charge is 1.96. The largest absolute Gasteiger partial charge is 0.253 e. The van der Waals surface area contributed by atoms with Crippen molar-refractivity contribution >= 4 is 11.3 Å². The Kier molecular flexibility index (Phi) is 2.43. The lowest BCUT2D eigenvalue weighted by Gasteiger charge is -1.99. The van der Waals surface area contributed by atoms with Crippen molar-refractivity contribution in [3.05, 3.63) is 46.7 Å². The number of benzene rings is 1. The molecule has 0 fully saturated rings.